The van der Waals surface area contributed by atoms with E-state index in [9.17, 15) is 9.18 Å². The molecule has 98 valence electrons. The van der Waals surface area contributed by atoms with Gasteiger partial charge in [0, 0.05) is 10.6 Å². The zero-order valence-electron chi connectivity index (χ0n) is 10.8. The van der Waals surface area contributed by atoms with Gasteiger partial charge in [0.05, 0.1) is 5.56 Å². The van der Waals surface area contributed by atoms with E-state index >= 15 is 0 Å². The summed E-state index contributed by atoms with van der Waals surface area (Å²) in [5.41, 5.74) is 1.61. The highest BCUT2D eigenvalue weighted by atomic mass is 35.5. The largest absolute Gasteiger partial charge is 0.288 e. The lowest BCUT2D eigenvalue weighted by Gasteiger charge is -2.07. The fourth-order valence-corrected chi connectivity index (χ4v) is 2.02. The summed E-state index contributed by atoms with van der Waals surface area (Å²) in [7, 11) is 0. The first-order valence-electron chi connectivity index (χ1n) is 6.08. The van der Waals surface area contributed by atoms with Crippen molar-refractivity contribution < 1.29 is 9.18 Å². The smallest absolute Gasteiger partial charge is 0.196 e. The second-order valence-corrected chi connectivity index (χ2v) is 5.17. The second kappa shape index (κ2) is 5.54. The van der Waals surface area contributed by atoms with Crippen molar-refractivity contribution in [3.8, 4) is 0 Å². The number of ketones is 1. The standard InChI is InChI=1S/C16H14ClFO/c1-10(2)11-3-5-12(6-4-11)16(19)14-9-13(17)7-8-15(14)18/h3-10H,1-2H3. The van der Waals surface area contributed by atoms with Crippen LogP contribution in [0.2, 0.25) is 5.02 Å². The molecule has 0 bridgehead atoms. The predicted octanol–water partition coefficient (Wildman–Crippen LogP) is 4.83. The monoisotopic (exact) mass is 276 g/mol. The van der Waals surface area contributed by atoms with Crippen molar-refractivity contribution in [3.63, 3.8) is 0 Å². The molecular formula is C16H14ClFO. The fraction of sp³-hybridized carbons (Fsp3) is 0.188. The van der Waals surface area contributed by atoms with Gasteiger partial charge in [-0.3, -0.25) is 4.79 Å². The first-order valence-corrected chi connectivity index (χ1v) is 6.46. The number of carbonyl (C=O) groups is 1. The molecule has 2 aromatic carbocycles. The lowest BCUT2D eigenvalue weighted by atomic mass is 9.98. The highest BCUT2D eigenvalue weighted by molar-refractivity contribution is 6.31. The third-order valence-corrected chi connectivity index (χ3v) is 3.25. The predicted molar refractivity (Wildman–Crippen MR) is 75.4 cm³/mol. The molecular weight excluding hydrogens is 263 g/mol. The molecule has 0 aliphatic rings. The van der Waals surface area contributed by atoms with Crippen molar-refractivity contribution in [2.24, 2.45) is 0 Å². The van der Waals surface area contributed by atoms with Gasteiger partial charge in [-0.2, -0.15) is 0 Å². The van der Waals surface area contributed by atoms with E-state index in [1.165, 1.54) is 18.2 Å². The van der Waals surface area contributed by atoms with Crippen molar-refractivity contribution in [2.45, 2.75) is 19.8 Å². The molecule has 0 spiro atoms. The summed E-state index contributed by atoms with van der Waals surface area (Å²) in [5, 5.41) is 0.351. The zero-order chi connectivity index (χ0) is 14.0. The van der Waals surface area contributed by atoms with Crippen molar-refractivity contribution in [1.29, 1.82) is 0 Å². The Bertz CT molecular complexity index is 603. The third-order valence-electron chi connectivity index (χ3n) is 3.01. The average Bonchev–Trinajstić information content (AvgIpc) is 2.41. The quantitative estimate of drug-likeness (QED) is 0.734. The van der Waals surface area contributed by atoms with E-state index in [1.54, 1.807) is 12.1 Å². The molecule has 0 saturated heterocycles. The number of halogens is 2. The molecule has 0 saturated carbocycles. The number of hydrogen-bond acceptors (Lipinski definition) is 1. The molecule has 3 heteroatoms. The van der Waals surface area contributed by atoms with Gasteiger partial charge in [0.25, 0.3) is 0 Å². The van der Waals surface area contributed by atoms with Gasteiger partial charge in [-0.25, -0.2) is 4.39 Å². The minimum Gasteiger partial charge on any atom is -0.288 e. The van der Waals surface area contributed by atoms with Crippen LogP contribution in [0.15, 0.2) is 42.5 Å². The van der Waals surface area contributed by atoms with Crippen LogP contribution in [0, 0.1) is 5.82 Å². The topological polar surface area (TPSA) is 17.1 Å². The van der Waals surface area contributed by atoms with E-state index in [-0.39, 0.29) is 11.3 Å². The Morgan fingerprint density at radius 3 is 2.32 bits per heavy atom. The van der Waals surface area contributed by atoms with Crippen molar-refractivity contribution in [1.82, 2.24) is 0 Å². The van der Waals surface area contributed by atoms with Gasteiger partial charge in [-0.05, 0) is 29.7 Å². The van der Waals surface area contributed by atoms with Gasteiger partial charge in [-0.15, -0.1) is 0 Å². The summed E-state index contributed by atoms with van der Waals surface area (Å²) >= 11 is 5.80. The average molecular weight is 277 g/mol. The summed E-state index contributed by atoms with van der Waals surface area (Å²) in [6, 6.07) is 11.2. The van der Waals surface area contributed by atoms with Crippen LogP contribution in [0.3, 0.4) is 0 Å². The van der Waals surface area contributed by atoms with Crippen LogP contribution in [0.5, 0.6) is 0 Å². The van der Waals surface area contributed by atoms with Gasteiger partial charge in [0.2, 0.25) is 0 Å². The van der Waals surface area contributed by atoms with E-state index in [0.29, 0.717) is 16.5 Å². The Kier molecular flexibility index (Phi) is 4.01. The van der Waals surface area contributed by atoms with Crippen molar-refractivity contribution in [3.05, 3.63) is 70.0 Å². The minimum absolute atomic E-state index is 0.00444. The first-order chi connectivity index (χ1) is 8.99. The number of benzene rings is 2. The van der Waals surface area contributed by atoms with Crippen LogP contribution in [-0.4, -0.2) is 5.78 Å². The highest BCUT2D eigenvalue weighted by Crippen LogP contribution is 2.20. The molecule has 0 amide bonds. The molecule has 2 rings (SSSR count). The zero-order valence-corrected chi connectivity index (χ0v) is 11.5. The van der Waals surface area contributed by atoms with Crippen LogP contribution in [0.25, 0.3) is 0 Å². The van der Waals surface area contributed by atoms with Gasteiger partial charge in [0.15, 0.2) is 5.78 Å². The SMILES string of the molecule is CC(C)c1ccc(C(=O)c2cc(Cl)ccc2F)cc1. The molecule has 0 heterocycles. The Hall–Kier alpha value is -1.67. The maximum atomic E-state index is 13.6. The molecule has 0 atom stereocenters. The molecule has 0 aliphatic heterocycles. The Morgan fingerprint density at radius 2 is 1.74 bits per heavy atom. The Balaban J connectivity index is 2.36. The van der Waals surface area contributed by atoms with E-state index in [4.69, 9.17) is 11.6 Å². The summed E-state index contributed by atoms with van der Waals surface area (Å²) in [4.78, 5) is 12.2. The van der Waals surface area contributed by atoms with E-state index in [2.05, 4.69) is 13.8 Å². The molecule has 0 aliphatic carbocycles. The van der Waals surface area contributed by atoms with Crippen LogP contribution < -0.4 is 0 Å². The van der Waals surface area contributed by atoms with E-state index in [1.807, 2.05) is 12.1 Å². The molecule has 2 aromatic rings. The molecule has 0 fully saturated rings. The highest BCUT2D eigenvalue weighted by Gasteiger charge is 2.14. The normalized spacial score (nSPS) is 10.8. The summed E-state index contributed by atoms with van der Waals surface area (Å²) in [6.07, 6.45) is 0. The van der Waals surface area contributed by atoms with Gasteiger partial charge < -0.3 is 0 Å². The lowest BCUT2D eigenvalue weighted by molar-refractivity contribution is 0.103. The number of hydrogen-bond donors (Lipinski definition) is 0. The molecule has 1 nitrogen and oxygen atoms in total. The number of rotatable bonds is 3. The summed E-state index contributed by atoms with van der Waals surface area (Å²) in [5.74, 6) is -0.510. The fourth-order valence-electron chi connectivity index (χ4n) is 1.85. The van der Waals surface area contributed by atoms with Gasteiger partial charge in [0.1, 0.15) is 5.82 Å². The van der Waals surface area contributed by atoms with Crippen LogP contribution in [0.1, 0.15) is 41.3 Å². The number of carbonyl (C=O) groups excluding carboxylic acids is 1. The molecule has 0 unspecified atom stereocenters. The van der Waals surface area contributed by atoms with E-state index in [0.717, 1.165) is 5.56 Å². The van der Waals surface area contributed by atoms with Crippen LogP contribution in [0.4, 0.5) is 4.39 Å². The summed E-state index contributed by atoms with van der Waals surface area (Å²) < 4.78 is 13.6. The Morgan fingerprint density at radius 1 is 1.11 bits per heavy atom. The maximum absolute atomic E-state index is 13.6. The Labute approximate surface area is 117 Å². The first kappa shape index (κ1) is 13.8. The van der Waals surface area contributed by atoms with Crippen molar-refractivity contribution in [2.75, 3.05) is 0 Å². The molecule has 0 N–H and O–H groups in total. The van der Waals surface area contributed by atoms with E-state index < -0.39 is 5.82 Å². The second-order valence-electron chi connectivity index (χ2n) is 4.73. The van der Waals surface area contributed by atoms with Gasteiger partial charge in [-0.1, -0.05) is 49.7 Å². The van der Waals surface area contributed by atoms with Gasteiger partial charge >= 0.3 is 0 Å². The van der Waals surface area contributed by atoms with Crippen LogP contribution >= 0.6 is 11.6 Å². The summed E-state index contributed by atoms with van der Waals surface area (Å²) in [6.45, 7) is 4.15. The maximum Gasteiger partial charge on any atom is 0.196 e. The minimum atomic E-state index is -0.553. The molecule has 19 heavy (non-hydrogen) atoms. The van der Waals surface area contributed by atoms with Crippen LogP contribution in [-0.2, 0) is 0 Å². The lowest BCUT2D eigenvalue weighted by Crippen LogP contribution is -2.04. The third kappa shape index (κ3) is 3.02. The molecule has 0 aromatic heterocycles. The molecule has 0 radical (unpaired) electrons. The van der Waals surface area contributed by atoms with Crippen molar-refractivity contribution >= 4 is 17.4 Å².